The van der Waals surface area contributed by atoms with Crippen LogP contribution in [0.3, 0.4) is 0 Å². The zero-order chi connectivity index (χ0) is 14.5. The minimum Gasteiger partial charge on any atom is -0.452 e. The van der Waals surface area contributed by atoms with E-state index in [1.807, 2.05) is 12.1 Å². The van der Waals surface area contributed by atoms with Gasteiger partial charge in [-0.05, 0) is 31.9 Å². The molecule has 20 heavy (non-hydrogen) atoms. The molecule has 7 heteroatoms. The van der Waals surface area contributed by atoms with Crippen LogP contribution in [0, 0.1) is 0 Å². The highest BCUT2D eigenvalue weighted by atomic mass is 35.5. The van der Waals surface area contributed by atoms with E-state index in [2.05, 4.69) is 5.32 Å². The van der Waals surface area contributed by atoms with Gasteiger partial charge in [-0.25, -0.2) is 0 Å². The van der Waals surface area contributed by atoms with Gasteiger partial charge >= 0.3 is 5.97 Å². The van der Waals surface area contributed by atoms with Gasteiger partial charge in [-0.15, -0.1) is 23.1 Å². The maximum Gasteiger partial charge on any atom is 0.316 e. The number of halogens is 1. The van der Waals surface area contributed by atoms with E-state index in [0.29, 0.717) is 0 Å². The normalized spacial score (nSPS) is 15.7. The number of rotatable bonds is 7. The zero-order valence-corrected chi connectivity index (χ0v) is 13.4. The molecule has 1 aromatic rings. The van der Waals surface area contributed by atoms with E-state index in [1.165, 1.54) is 23.1 Å². The summed E-state index contributed by atoms with van der Waals surface area (Å²) in [4.78, 5) is 24.3. The quantitative estimate of drug-likeness (QED) is 0.780. The van der Waals surface area contributed by atoms with Gasteiger partial charge < -0.3 is 10.1 Å². The average Bonchev–Trinajstić information content (AvgIpc) is 3.10. The monoisotopic (exact) mass is 333 g/mol. The fourth-order valence-electron chi connectivity index (χ4n) is 1.50. The van der Waals surface area contributed by atoms with Gasteiger partial charge in [0.1, 0.15) is 0 Å². The number of ether oxygens (including phenoxy) is 1. The molecule has 110 valence electrons. The number of esters is 1. The molecule has 1 aliphatic rings. The van der Waals surface area contributed by atoms with Crippen LogP contribution >= 0.6 is 34.7 Å². The molecule has 1 aromatic heterocycles. The molecule has 1 heterocycles. The maximum absolute atomic E-state index is 11.6. The first-order chi connectivity index (χ1) is 9.54. The van der Waals surface area contributed by atoms with Crippen LogP contribution in [0.2, 0.25) is 4.34 Å². The summed E-state index contributed by atoms with van der Waals surface area (Å²) in [5, 5.41) is 2.81. The van der Waals surface area contributed by atoms with Crippen molar-refractivity contribution in [3.8, 4) is 0 Å². The summed E-state index contributed by atoms with van der Waals surface area (Å²) in [5.41, 5.74) is 0. The number of hydrogen-bond donors (Lipinski definition) is 1. The molecular formula is C13H16ClNO3S2. The first kappa shape index (κ1) is 15.7. The number of nitrogens with one attached hydrogen (secondary N) is 1. The topological polar surface area (TPSA) is 55.4 Å². The lowest BCUT2D eigenvalue weighted by Crippen LogP contribution is -2.37. The molecule has 1 saturated carbocycles. The van der Waals surface area contributed by atoms with E-state index in [0.717, 1.165) is 27.8 Å². The van der Waals surface area contributed by atoms with Crippen LogP contribution in [-0.4, -0.2) is 29.8 Å². The van der Waals surface area contributed by atoms with Crippen molar-refractivity contribution in [2.24, 2.45) is 0 Å². The molecule has 0 aliphatic heterocycles. The number of amides is 1. The lowest BCUT2D eigenvalue weighted by atomic mass is 10.3. The Hall–Kier alpha value is -0.720. The van der Waals surface area contributed by atoms with E-state index in [9.17, 15) is 9.59 Å². The number of hydrogen-bond acceptors (Lipinski definition) is 5. The molecular weight excluding hydrogens is 318 g/mol. The van der Waals surface area contributed by atoms with Crippen LogP contribution in [0.4, 0.5) is 0 Å². The summed E-state index contributed by atoms with van der Waals surface area (Å²) in [6.07, 6.45) is 1.32. The predicted octanol–water partition coefficient (Wildman–Crippen LogP) is 2.85. The second-order valence-electron chi connectivity index (χ2n) is 4.61. The van der Waals surface area contributed by atoms with Crippen LogP contribution in [0.25, 0.3) is 0 Å². The van der Waals surface area contributed by atoms with Gasteiger partial charge in [-0.1, -0.05) is 11.6 Å². The molecule has 0 unspecified atom stereocenters. The SMILES string of the molecule is C[C@@H](OC(=O)CSCc1ccc(Cl)s1)C(=O)NC1CC1. The summed E-state index contributed by atoms with van der Waals surface area (Å²) in [7, 11) is 0. The number of carbonyl (C=O) groups excluding carboxylic acids is 2. The third-order valence-electron chi connectivity index (χ3n) is 2.69. The van der Waals surface area contributed by atoms with Gasteiger partial charge in [-0.2, -0.15) is 0 Å². The molecule has 0 bridgehead atoms. The second kappa shape index (κ2) is 7.33. The first-order valence-corrected chi connectivity index (χ1v) is 8.71. The highest BCUT2D eigenvalue weighted by Gasteiger charge is 2.27. The fraction of sp³-hybridized carbons (Fsp3) is 0.538. The molecule has 1 fully saturated rings. The van der Waals surface area contributed by atoms with Crippen LogP contribution in [-0.2, 0) is 20.1 Å². The number of thiophene rings is 1. The van der Waals surface area contributed by atoms with Crippen LogP contribution in [0.1, 0.15) is 24.6 Å². The van der Waals surface area contributed by atoms with Gasteiger partial charge in [-0.3, -0.25) is 9.59 Å². The van der Waals surface area contributed by atoms with Crippen molar-refractivity contribution in [3.05, 3.63) is 21.3 Å². The summed E-state index contributed by atoms with van der Waals surface area (Å²) in [6, 6.07) is 4.06. The van der Waals surface area contributed by atoms with Gasteiger partial charge in [0.2, 0.25) is 0 Å². The van der Waals surface area contributed by atoms with Gasteiger partial charge in [0.25, 0.3) is 5.91 Å². The molecule has 0 spiro atoms. The Balaban J connectivity index is 1.62. The lowest BCUT2D eigenvalue weighted by molar-refractivity contribution is -0.152. The van der Waals surface area contributed by atoms with Crippen LogP contribution in [0.15, 0.2) is 12.1 Å². The Morgan fingerprint density at radius 1 is 1.55 bits per heavy atom. The Kier molecular flexibility index (Phi) is 5.74. The molecule has 0 radical (unpaired) electrons. The smallest absolute Gasteiger partial charge is 0.316 e. The van der Waals surface area contributed by atoms with Crippen molar-refractivity contribution < 1.29 is 14.3 Å². The fourth-order valence-corrected chi connectivity index (χ4v) is 3.50. The molecule has 0 aromatic carbocycles. The van der Waals surface area contributed by atoms with Crippen molar-refractivity contribution in [2.75, 3.05) is 5.75 Å². The van der Waals surface area contributed by atoms with Gasteiger partial charge in [0.05, 0.1) is 10.1 Å². The largest absolute Gasteiger partial charge is 0.452 e. The Morgan fingerprint density at radius 3 is 2.90 bits per heavy atom. The van der Waals surface area contributed by atoms with Crippen LogP contribution in [0.5, 0.6) is 0 Å². The number of carbonyl (C=O) groups is 2. The minimum absolute atomic E-state index is 0.212. The number of thioether (sulfide) groups is 1. The van der Waals surface area contributed by atoms with E-state index in [4.69, 9.17) is 16.3 Å². The summed E-state index contributed by atoms with van der Waals surface area (Å²) < 4.78 is 5.83. The Morgan fingerprint density at radius 2 is 2.30 bits per heavy atom. The Labute approximate surface area is 131 Å². The molecule has 4 nitrogen and oxygen atoms in total. The molecule has 1 aliphatic carbocycles. The molecule has 1 N–H and O–H groups in total. The van der Waals surface area contributed by atoms with Crippen molar-refractivity contribution >= 4 is 46.6 Å². The van der Waals surface area contributed by atoms with Crippen molar-refractivity contribution in [2.45, 2.75) is 37.7 Å². The summed E-state index contributed by atoms with van der Waals surface area (Å²) >= 11 is 8.78. The maximum atomic E-state index is 11.6. The Bertz CT molecular complexity index is 488. The van der Waals surface area contributed by atoms with E-state index in [1.54, 1.807) is 6.92 Å². The van der Waals surface area contributed by atoms with Crippen molar-refractivity contribution in [1.82, 2.24) is 5.32 Å². The van der Waals surface area contributed by atoms with Crippen molar-refractivity contribution in [1.29, 1.82) is 0 Å². The highest BCUT2D eigenvalue weighted by molar-refractivity contribution is 7.99. The second-order valence-corrected chi connectivity index (χ2v) is 7.40. The third-order valence-corrected chi connectivity index (χ3v) is 5.06. The first-order valence-electron chi connectivity index (χ1n) is 6.36. The van der Waals surface area contributed by atoms with E-state index < -0.39 is 6.10 Å². The minimum atomic E-state index is -0.722. The van der Waals surface area contributed by atoms with Crippen LogP contribution < -0.4 is 5.32 Å². The molecule has 2 rings (SSSR count). The highest BCUT2D eigenvalue weighted by Crippen LogP contribution is 2.25. The standard InChI is InChI=1S/C13H16ClNO3S2/c1-8(13(17)15-9-2-3-9)18-12(16)7-19-6-10-4-5-11(14)20-10/h4-5,8-9H,2-3,6-7H2,1H3,(H,15,17)/t8-/m1/s1. The third kappa shape index (κ3) is 5.34. The lowest BCUT2D eigenvalue weighted by Gasteiger charge is -2.12. The summed E-state index contributed by atoms with van der Waals surface area (Å²) in [5.74, 6) is 0.373. The van der Waals surface area contributed by atoms with Gasteiger partial charge in [0.15, 0.2) is 6.10 Å². The molecule has 1 amide bonds. The van der Waals surface area contributed by atoms with Gasteiger partial charge in [0, 0.05) is 16.7 Å². The molecule has 0 saturated heterocycles. The van der Waals surface area contributed by atoms with E-state index >= 15 is 0 Å². The van der Waals surface area contributed by atoms with Crippen molar-refractivity contribution in [3.63, 3.8) is 0 Å². The zero-order valence-electron chi connectivity index (χ0n) is 11.1. The summed E-state index contributed by atoms with van der Waals surface area (Å²) in [6.45, 7) is 1.60. The van der Waals surface area contributed by atoms with E-state index in [-0.39, 0.29) is 23.7 Å². The average molecular weight is 334 g/mol. The molecule has 1 atom stereocenters. The predicted molar refractivity (Wildman–Crippen MR) is 82.2 cm³/mol.